The molecule has 0 saturated carbocycles. The van der Waals surface area contributed by atoms with Gasteiger partial charge in [-0.25, -0.2) is 9.97 Å². The lowest BCUT2D eigenvalue weighted by molar-refractivity contribution is 0.602. The predicted molar refractivity (Wildman–Crippen MR) is 225 cm³/mol. The molecule has 7 nitrogen and oxygen atoms in total. The topological polar surface area (TPSA) is 71.4 Å². The van der Waals surface area contributed by atoms with Gasteiger partial charge in [0.2, 0.25) is 0 Å². The number of aromatic nitrogens is 3. The normalized spacial score (nSPS) is 11.6. The van der Waals surface area contributed by atoms with E-state index in [0.29, 0.717) is 0 Å². The minimum Gasteiger partial charge on any atom is -0.456 e. The number of fused-ring (bicyclic) bond motifs is 6. The summed E-state index contributed by atoms with van der Waals surface area (Å²) in [5.41, 5.74) is 11.3. The fourth-order valence-electron chi connectivity index (χ4n) is 7.47. The zero-order valence-electron chi connectivity index (χ0n) is 29.2. The maximum atomic E-state index is 6.66. The van der Waals surface area contributed by atoms with Crippen LogP contribution >= 0.6 is 11.3 Å². The van der Waals surface area contributed by atoms with Crippen molar-refractivity contribution in [3.8, 4) is 10.6 Å². The van der Waals surface area contributed by atoms with Gasteiger partial charge in [0, 0.05) is 57.0 Å². The zero-order chi connectivity index (χ0) is 36.3. The molecule has 4 aromatic heterocycles. The number of anilines is 6. The van der Waals surface area contributed by atoms with E-state index in [1.54, 1.807) is 17.5 Å². The second-order valence-corrected chi connectivity index (χ2v) is 14.4. The van der Waals surface area contributed by atoms with Crippen molar-refractivity contribution in [2.75, 3.05) is 9.80 Å². The number of rotatable bonds is 7. The molecular formula is C47H29N5O2S. The van der Waals surface area contributed by atoms with E-state index in [0.717, 1.165) is 94.0 Å². The number of hydrogen-bond acceptors (Lipinski definition) is 8. The van der Waals surface area contributed by atoms with Gasteiger partial charge in [-0.2, -0.15) is 0 Å². The molecule has 11 aromatic rings. The van der Waals surface area contributed by atoms with Crippen molar-refractivity contribution in [1.82, 2.24) is 15.0 Å². The van der Waals surface area contributed by atoms with E-state index in [2.05, 4.69) is 153 Å². The van der Waals surface area contributed by atoms with Crippen LogP contribution in [0.25, 0.3) is 64.6 Å². The van der Waals surface area contributed by atoms with E-state index in [9.17, 15) is 0 Å². The second-order valence-electron chi connectivity index (χ2n) is 13.4. The van der Waals surface area contributed by atoms with Crippen molar-refractivity contribution >= 4 is 99.5 Å². The van der Waals surface area contributed by atoms with Crippen LogP contribution < -0.4 is 9.80 Å². The highest BCUT2D eigenvalue weighted by molar-refractivity contribution is 7.21. The van der Waals surface area contributed by atoms with Crippen molar-refractivity contribution in [2.24, 2.45) is 0 Å². The van der Waals surface area contributed by atoms with E-state index in [4.69, 9.17) is 13.8 Å². The van der Waals surface area contributed by atoms with Gasteiger partial charge >= 0.3 is 0 Å². The fraction of sp³-hybridized carbons (Fsp3) is 0. The summed E-state index contributed by atoms with van der Waals surface area (Å²) in [4.78, 5) is 18.2. The summed E-state index contributed by atoms with van der Waals surface area (Å²) in [5, 5.41) is 5.36. The van der Waals surface area contributed by atoms with Crippen LogP contribution in [0.5, 0.6) is 0 Å². The van der Waals surface area contributed by atoms with Crippen LogP contribution in [0.1, 0.15) is 0 Å². The Labute approximate surface area is 319 Å². The molecule has 0 aliphatic carbocycles. The van der Waals surface area contributed by atoms with Crippen LogP contribution in [0, 0.1) is 0 Å². The highest BCUT2D eigenvalue weighted by Gasteiger charge is 2.18. The second kappa shape index (κ2) is 12.7. The number of para-hydroxylation sites is 2. The van der Waals surface area contributed by atoms with Crippen molar-refractivity contribution in [3.63, 3.8) is 0 Å². The first-order chi connectivity index (χ1) is 27.2. The Balaban J connectivity index is 0.986. The molecule has 7 aromatic carbocycles. The molecule has 0 fully saturated rings. The van der Waals surface area contributed by atoms with E-state index < -0.39 is 0 Å². The first kappa shape index (κ1) is 31.3. The van der Waals surface area contributed by atoms with Gasteiger partial charge in [0.15, 0.2) is 12.0 Å². The summed E-state index contributed by atoms with van der Waals surface area (Å²) >= 11 is 1.71. The third-order valence-electron chi connectivity index (χ3n) is 10.1. The van der Waals surface area contributed by atoms with E-state index in [1.807, 2.05) is 30.5 Å². The fourth-order valence-corrected chi connectivity index (χ4v) is 8.44. The maximum absolute atomic E-state index is 6.66. The summed E-state index contributed by atoms with van der Waals surface area (Å²) in [5.74, 6) is 0. The number of hydrogen-bond donors (Lipinski definition) is 0. The van der Waals surface area contributed by atoms with Gasteiger partial charge in [0.25, 0.3) is 0 Å². The summed E-state index contributed by atoms with van der Waals surface area (Å²) < 4.78 is 13.4. The third-order valence-corrected chi connectivity index (χ3v) is 11.2. The quantitative estimate of drug-likeness (QED) is 0.162. The van der Waals surface area contributed by atoms with E-state index in [1.165, 1.54) is 11.1 Å². The maximum Gasteiger partial charge on any atom is 0.181 e. The summed E-state index contributed by atoms with van der Waals surface area (Å²) in [6.07, 6.45) is 5.17. The van der Waals surface area contributed by atoms with Gasteiger partial charge in [0.05, 0.1) is 22.1 Å². The molecule has 8 heteroatoms. The number of benzene rings is 7. The Kier molecular flexibility index (Phi) is 7.21. The third kappa shape index (κ3) is 5.47. The SMILES string of the molecule is c1ccc(N(c2ccc3cc4c(cc3c2)oc2cc(N(c3ccc(-c5nc6ccccc6s5)cc3)c3cccnc3)ccc24)c2ccc3ocnc3c2)cc1. The predicted octanol–water partition coefficient (Wildman–Crippen LogP) is 13.5. The Hall–Kier alpha value is -7.29. The van der Waals surface area contributed by atoms with Crippen LogP contribution in [-0.2, 0) is 0 Å². The molecule has 0 aliphatic heterocycles. The number of thiazole rings is 1. The standard InChI is InChI=1S/C47H29N5O2S/c1-2-7-33(8-3-1)51(36-19-21-43-42(26-36)49-29-53-43)35-17-14-31-24-40-39-20-18-37(27-45(39)54-44(40)25-32(31)23-35)52(38-9-6-22-48-28-38)34-15-12-30(13-16-34)47-50-41-10-4-5-11-46(41)55-47/h1-29H. The number of nitrogens with zero attached hydrogens (tertiary/aromatic N) is 5. The van der Waals surface area contributed by atoms with Crippen LogP contribution in [0.3, 0.4) is 0 Å². The molecule has 4 heterocycles. The van der Waals surface area contributed by atoms with Gasteiger partial charge in [0.1, 0.15) is 21.7 Å². The monoisotopic (exact) mass is 727 g/mol. The molecule has 55 heavy (non-hydrogen) atoms. The lowest BCUT2D eigenvalue weighted by Crippen LogP contribution is -2.10. The minimum atomic E-state index is 0.757. The van der Waals surface area contributed by atoms with Crippen LogP contribution in [-0.4, -0.2) is 15.0 Å². The summed E-state index contributed by atoms with van der Waals surface area (Å²) in [6.45, 7) is 0. The smallest absolute Gasteiger partial charge is 0.181 e. The molecule has 0 bridgehead atoms. The Morgan fingerprint density at radius 2 is 1.22 bits per heavy atom. The molecular weight excluding hydrogens is 699 g/mol. The molecule has 0 radical (unpaired) electrons. The molecule has 0 N–H and O–H groups in total. The molecule has 0 atom stereocenters. The van der Waals surface area contributed by atoms with Crippen LogP contribution in [0.4, 0.5) is 34.1 Å². The molecule has 0 spiro atoms. The molecule has 0 unspecified atom stereocenters. The van der Waals surface area contributed by atoms with Gasteiger partial charge < -0.3 is 18.6 Å². The molecule has 0 saturated heterocycles. The van der Waals surface area contributed by atoms with Gasteiger partial charge in [-0.15, -0.1) is 11.3 Å². The zero-order valence-corrected chi connectivity index (χ0v) is 30.0. The Bertz CT molecular complexity index is 3140. The Morgan fingerprint density at radius 3 is 2.09 bits per heavy atom. The van der Waals surface area contributed by atoms with Gasteiger partial charge in [-0.1, -0.05) is 36.4 Å². The molecule has 260 valence electrons. The largest absolute Gasteiger partial charge is 0.456 e. The number of oxazole rings is 1. The minimum absolute atomic E-state index is 0.757. The van der Waals surface area contributed by atoms with Crippen molar-refractivity contribution in [1.29, 1.82) is 0 Å². The average Bonchev–Trinajstić information content (AvgIpc) is 3.98. The molecule has 0 amide bonds. The van der Waals surface area contributed by atoms with Gasteiger partial charge in [-0.3, -0.25) is 4.98 Å². The molecule has 11 rings (SSSR count). The van der Waals surface area contributed by atoms with Crippen molar-refractivity contribution in [3.05, 3.63) is 177 Å². The summed E-state index contributed by atoms with van der Waals surface area (Å²) in [7, 11) is 0. The van der Waals surface area contributed by atoms with Gasteiger partial charge in [-0.05, 0) is 126 Å². The van der Waals surface area contributed by atoms with Crippen LogP contribution in [0.2, 0.25) is 0 Å². The van der Waals surface area contributed by atoms with Crippen LogP contribution in [0.15, 0.2) is 185 Å². The Morgan fingerprint density at radius 1 is 0.491 bits per heavy atom. The summed E-state index contributed by atoms with van der Waals surface area (Å²) in [6, 6.07) is 54.7. The highest BCUT2D eigenvalue weighted by Crippen LogP contribution is 2.42. The van der Waals surface area contributed by atoms with E-state index in [-0.39, 0.29) is 0 Å². The number of pyridine rings is 1. The van der Waals surface area contributed by atoms with E-state index >= 15 is 0 Å². The number of furan rings is 1. The average molecular weight is 728 g/mol. The van der Waals surface area contributed by atoms with Crippen molar-refractivity contribution < 1.29 is 8.83 Å². The highest BCUT2D eigenvalue weighted by atomic mass is 32.1. The lowest BCUT2D eigenvalue weighted by atomic mass is 10.0. The first-order valence-corrected chi connectivity index (χ1v) is 18.8. The van der Waals surface area contributed by atoms with Crippen molar-refractivity contribution in [2.45, 2.75) is 0 Å². The molecule has 0 aliphatic rings. The first-order valence-electron chi connectivity index (χ1n) is 18.0. The lowest BCUT2D eigenvalue weighted by Gasteiger charge is -2.25.